The van der Waals surface area contributed by atoms with Crippen molar-refractivity contribution in [1.29, 1.82) is 0 Å². The molecule has 0 atom stereocenters. The average Bonchev–Trinajstić information content (AvgIpc) is 2.47. The van der Waals surface area contributed by atoms with Crippen molar-refractivity contribution in [2.24, 2.45) is 0 Å². The third-order valence-corrected chi connectivity index (χ3v) is 3.18. The lowest BCUT2D eigenvalue weighted by molar-refractivity contribution is 0.548. The summed E-state index contributed by atoms with van der Waals surface area (Å²) in [6, 6.07) is 4.89. The van der Waals surface area contributed by atoms with Gasteiger partial charge in [-0.25, -0.2) is 0 Å². The molecule has 0 spiro atoms. The van der Waals surface area contributed by atoms with E-state index in [0.717, 1.165) is 0 Å². The molecule has 2 aromatic rings. The smallest absolute Gasteiger partial charge is 0.264 e. The highest BCUT2D eigenvalue weighted by Crippen LogP contribution is 2.28. The standard InChI is InChI=1S/C7H4BrFN2O2S/c8-4-2-1-3-5-6(4)7(11-10-5)14(9,12)13/h1-3H,(H,10,11). The Hall–Kier alpha value is -0.950. The zero-order chi connectivity index (χ0) is 10.3. The Morgan fingerprint density at radius 1 is 1.43 bits per heavy atom. The minimum Gasteiger partial charge on any atom is -0.264 e. The molecule has 4 nitrogen and oxygen atoms in total. The molecule has 14 heavy (non-hydrogen) atoms. The molecule has 0 unspecified atom stereocenters. The van der Waals surface area contributed by atoms with Gasteiger partial charge < -0.3 is 0 Å². The van der Waals surface area contributed by atoms with Crippen LogP contribution in [0.15, 0.2) is 27.7 Å². The monoisotopic (exact) mass is 278 g/mol. The van der Waals surface area contributed by atoms with Crippen molar-refractivity contribution in [3.63, 3.8) is 0 Å². The summed E-state index contributed by atoms with van der Waals surface area (Å²) in [5.41, 5.74) is 0.399. The van der Waals surface area contributed by atoms with E-state index in [0.29, 0.717) is 9.99 Å². The fraction of sp³-hybridized carbons (Fsp3) is 0. The van der Waals surface area contributed by atoms with Gasteiger partial charge in [0.05, 0.1) is 10.9 Å². The number of nitrogens with zero attached hydrogens (tertiary/aromatic N) is 1. The molecule has 0 aliphatic heterocycles. The normalized spacial score (nSPS) is 12.1. The van der Waals surface area contributed by atoms with Gasteiger partial charge in [0.1, 0.15) is 0 Å². The van der Waals surface area contributed by atoms with Crippen molar-refractivity contribution in [1.82, 2.24) is 10.2 Å². The predicted octanol–water partition coefficient (Wildman–Crippen LogP) is 1.98. The topological polar surface area (TPSA) is 62.8 Å². The molecule has 1 heterocycles. The minimum absolute atomic E-state index is 0.231. The van der Waals surface area contributed by atoms with Gasteiger partial charge in [-0.05, 0) is 28.1 Å². The van der Waals surface area contributed by atoms with Crippen LogP contribution in [0.4, 0.5) is 3.89 Å². The second kappa shape index (κ2) is 3.03. The van der Waals surface area contributed by atoms with E-state index in [1.54, 1.807) is 18.2 Å². The second-order valence-electron chi connectivity index (χ2n) is 2.62. The van der Waals surface area contributed by atoms with Gasteiger partial charge in [-0.15, -0.1) is 0 Å². The molecule has 1 aromatic carbocycles. The summed E-state index contributed by atoms with van der Waals surface area (Å²) in [6.45, 7) is 0. The Balaban J connectivity index is 2.94. The third kappa shape index (κ3) is 1.42. The molecule has 0 saturated carbocycles. The average molecular weight is 279 g/mol. The van der Waals surface area contributed by atoms with Gasteiger partial charge in [-0.1, -0.05) is 9.95 Å². The van der Waals surface area contributed by atoms with Crippen molar-refractivity contribution in [2.75, 3.05) is 0 Å². The summed E-state index contributed by atoms with van der Waals surface area (Å²) in [7, 11) is -4.76. The van der Waals surface area contributed by atoms with Crippen molar-refractivity contribution in [2.45, 2.75) is 5.03 Å². The first-order valence-electron chi connectivity index (χ1n) is 3.57. The fourth-order valence-corrected chi connectivity index (χ4v) is 2.47. The van der Waals surface area contributed by atoms with E-state index in [1.165, 1.54) is 0 Å². The maximum Gasteiger partial charge on any atom is 0.349 e. The van der Waals surface area contributed by atoms with Gasteiger partial charge in [0.25, 0.3) is 0 Å². The molecular weight excluding hydrogens is 275 g/mol. The van der Waals surface area contributed by atoms with E-state index in [4.69, 9.17) is 0 Å². The van der Waals surface area contributed by atoms with Crippen molar-refractivity contribution >= 4 is 37.1 Å². The summed E-state index contributed by atoms with van der Waals surface area (Å²) in [6.07, 6.45) is 0. The lowest BCUT2D eigenvalue weighted by Crippen LogP contribution is -1.92. The largest absolute Gasteiger partial charge is 0.349 e. The number of H-pyrrole nitrogens is 1. The highest BCUT2D eigenvalue weighted by atomic mass is 79.9. The Kier molecular flexibility index (Phi) is 2.07. The number of fused-ring (bicyclic) bond motifs is 1. The van der Waals surface area contributed by atoms with Crippen molar-refractivity contribution in [3.05, 3.63) is 22.7 Å². The quantitative estimate of drug-likeness (QED) is 0.812. The summed E-state index contributed by atoms with van der Waals surface area (Å²) < 4.78 is 34.6. The molecule has 0 aliphatic carbocycles. The summed E-state index contributed by atoms with van der Waals surface area (Å²) >= 11 is 3.13. The Labute approximate surface area is 87.5 Å². The summed E-state index contributed by atoms with van der Waals surface area (Å²) in [4.78, 5) is 0. The minimum atomic E-state index is -4.76. The predicted molar refractivity (Wildman–Crippen MR) is 52.1 cm³/mol. The van der Waals surface area contributed by atoms with Crippen LogP contribution in [-0.4, -0.2) is 18.6 Å². The van der Waals surface area contributed by atoms with Gasteiger partial charge in [0, 0.05) is 4.47 Å². The van der Waals surface area contributed by atoms with E-state index in [1.807, 2.05) is 0 Å². The molecule has 1 N–H and O–H groups in total. The Bertz CT molecular complexity index is 593. The summed E-state index contributed by atoms with van der Waals surface area (Å²) in [5, 5.41) is 5.54. The van der Waals surface area contributed by atoms with Crippen LogP contribution >= 0.6 is 15.9 Å². The van der Waals surface area contributed by atoms with Crippen LogP contribution in [0.3, 0.4) is 0 Å². The van der Waals surface area contributed by atoms with Crippen molar-refractivity contribution < 1.29 is 12.3 Å². The van der Waals surface area contributed by atoms with Gasteiger partial charge in [0.15, 0.2) is 5.03 Å². The number of hydrogen-bond donors (Lipinski definition) is 1. The molecule has 1 aromatic heterocycles. The van der Waals surface area contributed by atoms with E-state index in [9.17, 15) is 12.3 Å². The lowest BCUT2D eigenvalue weighted by atomic mass is 10.3. The number of rotatable bonds is 1. The van der Waals surface area contributed by atoms with Crippen LogP contribution in [0, 0.1) is 0 Å². The number of benzene rings is 1. The summed E-state index contributed by atoms with van der Waals surface area (Å²) in [5.74, 6) is 0. The highest BCUT2D eigenvalue weighted by molar-refractivity contribution is 9.10. The fourth-order valence-electron chi connectivity index (χ4n) is 1.17. The molecule has 74 valence electrons. The third-order valence-electron chi connectivity index (χ3n) is 1.74. The zero-order valence-corrected chi connectivity index (χ0v) is 9.06. The maximum atomic E-state index is 12.7. The first-order valence-corrected chi connectivity index (χ1v) is 5.75. The number of nitrogens with one attached hydrogen (secondary N) is 1. The van der Waals surface area contributed by atoms with Gasteiger partial charge in [-0.2, -0.15) is 13.5 Å². The van der Waals surface area contributed by atoms with E-state index >= 15 is 0 Å². The second-order valence-corrected chi connectivity index (χ2v) is 4.76. The number of halogens is 2. The SMILES string of the molecule is O=S(=O)(F)c1[nH]nc2cccc(Br)c12. The Morgan fingerprint density at radius 2 is 2.14 bits per heavy atom. The highest BCUT2D eigenvalue weighted by Gasteiger charge is 2.20. The molecule has 2 rings (SSSR count). The van der Waals surface area contributed by atoms with Crippen LogP contribution in [0.1, 0.15) is 0 Å². The van der Waals surface area contributed by atoms with Gasteiger partial charge >= 0.3 is 10.2 Å². The van der Waals surface area contributed by atoms with E-state index in [2.05, 4.69) is 26.1 Å². The molecule has 0 saturated heterocycles. The number of aromatic nitrogens is 2. The van der Waals surface area contributed by atoms with E-state index in [-0.39, 0.29) is 5.39 Å². The molecule has 0 fully saturated rings. The van der Waals surface area contributed by atoms with Crippen molar-refractivity contribution in [3.8, 4) is 0 Å². The number of aromatic amines is 1. The van der Waals surface area contributed by atoms with E-state index < -0.39 is 15.2 Å². The molecule has 0 aliphatic rings. The van der Waals surface area contributed by atoms with Crippen LogP contribution in [0.25, 0.3) is 10.9 Å². The lowest BCUT2D eigenvalue weighted by Gasteiger charge is -1.93. The van der Waals surface area contributed by atoms with Crippen LogP contribution in [-0.2, 0) is 10.2 Å². The number of hydrogen-bond acceptors (Lipinski definition) is 3. The van der Waals surface area contributed by atoms with Crippen LogP contribution in [0.2, 0.25) is 0 Å². The first-order chi connectivity index (χ1) is 6.50. The molecule has 0 amide bonds. The molecule has 0 bridgehead atoms. The zero-order valence-electron chi connectivity index (χ0n) is 6.66. The van der Waals surface area contributed by atoms with Crippen LogP contribution < -0.4 is 0 Å². The first kappa shape index (κ1) is 9.60. The Morgan fingerprint density at radius 3 is 2.79 bits per heavy atom. The van der Waals surface area contributed by atoms with Gasteiger partial charge in [-0.3, -0.25) is 5.10 Å². The van der Waals surface area contributed by atoms with Crippen LogP contribution in [0.5, 0.6) is 0 Å². The van der Waals surface area contributed by atoms with Gasteiger partial charge in [0.2, 0.25) is 0 Å². The molecular formula is C7H4BrFN2O2S. The maximum absolute atomic E-state index is 12.7. The molecule has 0 radical (unpaired) electrons. The molecule has 7 heteroatoms.